The maximum atomic E-state index is 12.3. The van der Waals surface area contributed by atoms with Crippen LogP contribution >= 0.6 is 11.3 Å². The summed E-state index contributed by atoms with van der Waals surface area (Å²) in [6.07, 6.45) is 6.50. The van der Waals surface area contributed by atoms with Gasteiger partial charge in [-0.2, -0.15) is 0 Å². The van der Waals surface area contributed by atoms with Gasteiger partial charge in [0, 0.05) is 43.9 Å². The fraction of sp³-hybridized carbons (Fsp3) is 0.500. The van der Waals surface area contributed by atoms with Gasteiger partial charge in [-0.1, -0.05) is 6.42 Å². The third kappa shape index (κ3) is 6.10. The van der Waals surface area contributed by atoms with Crippen molar-refractivity contribution < 1.29 is 19.0 Å². The summed E-state index contributed by atoms with van der Waals surface area (Å²) >= 11 is 1.77. The predicted molar refractivity (Wildman–Crippen MR) is 162 cm³/mol. The lowest BCUT2D eigenvalue weighted by molar-refractivity contribution is 0.0284. The van der Waals surface area contributed by atoms with Crippen LogP contribution in [0.3, 0.4) is 0 Å². The van der Waals surface area contributed by atoms with Crippen LogP contribution in [0, 0.1) is 5.92 Å². The Bertz CT molecular complexity index is 1490. The Morgan fingerprint density at radius 1 is 1.07 bits per heavy atom. The molecule has 4 heterocycles. The average molecular weight is 577 g/mol. The van der Waals surface area contributed by atoms with Crippen molar-refractivity contribution in [3.63, 3.8) is 0 Å². The molecule has 1 saturated carbocycles. The van der Waals surface area contributed by atoms with E-state index in [0.29, 0.717) is 38.1 Å². The number of thiophene rings is 1. The minimum atomic E-state index is -0.478. The number of ether oxygens (including phenoxy) is 3. The van der Waals surface area contributed by atoms with Gasteiger partial charge in [0.2, 0.25) is 0 Å². The van der Waals surface area contributed by atoms with Crippen LogP contribution in [0.1, 0.15) is 58.1 Å². The van der Waals surface area contributed by atoms with E-state index in [2.05, 4.69) is 39.9 Å². The molecule has 0 N–H and O–H groups in total. The van der Waals surface area contributed by atoms with Gasteiger partial charge in [0.25, 0.3) is 0 Å². The number of imidazole rings is 1. The summed E-state index contributed by atoms with van der Waals surface area (Å²) in [4.78, 5) is 19.0. The van der Waals surface area contributed by atoms with Gasteiger partial charge in [-0.25, -0.2) is 9.78 Å². The van der Waals surface area contributed by atoms with Crippen LogP contribution in [-0.2, 0) is 18.3 Å². The topological polar surface area (TPSA) is 70.8 Å². The van der Waals surface area contributed by atoms with E-state index in [-0.39, 0.29) is 6.09 Å². The Labute approximate surface area is 245 Å². The zero-order valence-electron chi connectivity index (χ0n) is 24.5. The molecule has 6 rings (SSSR count). The van der Waals surface area contributed by atoms with E-state index >= 15 is 0 Å². The van der Waals surface area contributed by atoms with Crippen molar-refractivity contribution in [1.82, 2.24) is 19.0 Å². The van der Waals surface area contributed by atoms with Crippen LogP contribution in [0.4, 0.5) is 4.79 Å². The second-order valence-corrected chi connectivity index (χ2v) is 13.2. The number of aryl methyl sites for hydroxylation is 1. The second kappa shape index (κ2) is 11.4. The molecule has 2 aliphatic rings. The Morgan fingerprint density at radius 2 is 1.83 bits per heavy atom. The molecule has 8 nitrogen and oxygen atoms in total. The molecule has 4 aromatic rings. The van der Waals surface area contributed by atoms with Gasteiger partial charge in [0.1, 0.15) is 23.7 Å². The number of hydrogen-bond acceptors (Lipinski definition) is 6. The first-order valence-corrected chi connectivity index (χ1v) is 15.6. The largest absolute Gasteiger partial charge is 0.493 e. The second-order valence-electron chi connectivity index (χ2n) is 12.3. The van der Waals surface area contributed by atoms with Crippen LogP contribution in [0.5, 0.6) is 11.5 Å². The lowest BCUT2D eigenvalue weighted by Crippen LogP contribution is -2.35. The highest BCUT2D eigenvalue weighted by Gasteiger charge is 2.30. The molecule has 0 bridgehead atoms. The number of amides is 1. The number of fused-ring (bicyclic) bond motifs is 1. The van der Waals surface area contributed by atoms with Crippen LogP contribution < -0.4 is 9.47 Å². The van der Waals surface area contributed by atoms with Gasteiger partial charge in [0.05, 0.1) is 29.1 Å². The SMILES string of the molecule is Cn1c(-c2ncc(C3CCC3)n2CCOc2ccc(OC[C@H]3CCN(C(=O)OC(C)(C)C)C3)cc2)cc2sccc21. The highest BCUT2D eigenvalue weighted by Crippen LogP contribution is 2.39. The highest BCUT2D eigenvalue weighted by atomic mass is 32.1. The molecule has 9 heteroatoms. The van der Waals surface area contributed by atoms with Gasteiger partial charge in [-0.15, -0.1) is 11.3 Å². The van der Waals surface area contributed by atoms with Crippen molar-refractivity contribution in [3.05, 3.63) is 53.7 Å². The number of benzene rings is 1. The van der Waals surface area contributed by atoms with E-state index in [1.807, 2.05) is 45.0 Å². The zero-order chi connectivity index (χ0) is 28.6. The number of carbonyl (C=O) groups is 1. The molecule has 0 radical (unpaired) electrons. The van der Waals surface area contributed by atoms with Gasteiger partial charge >= 0.3 is 6.09 Å². The smallest absolute Gasteiger partial charge is 0.410 e. The van der Waals surface area contributed by atoms with Crippen molar-refractivity contribution in [2.24, 2.45) is 13.0 Å². The molecule has 1 saturated heterocycles. The monoisotopic (exact) mass is 576 g/mol. The molecule has 1 amide bonds. The Kier molecular flexibility index (Phi) is 7.72. The van der Waals surface area contributed by atoms with Gasteiger partial charge in [-0.05, 0) is 81.8 Å². The predicted octanol–water partition coefficient (Wildman–Crippen LogP) is 7.09. The standard InChI is InChI=1S/C32H40N4O4S/c1-32(2,3)40-31(37)35-14-12-22(20-35)21-39-25-10-8-24(9-11-25)38-16-15-36-28(23-6-5-7-23)19-33-30(36)27-18-29-26(34(27)4)13-17-41-29/h8-11,13,17-19,22-23H,5-7,12,14-16,20-21H2,1-4H3/t22-/m0/s1. The highest BCUT2D eigenvalue weighted by molar-refractivity contribution is 7.17. The Balaban J connectivity index is 1.03. The van der Waals surface area contributed by atoms with Crippen molar-refractivity contribution >= 4 is 27.6 Å². The van der Waals surface area contributed by atoms with E-state index < -0.39 is 5.60 Å². The number of nitrogens with zero attached hydrogens (tertiary/aromatic N) is 4. The van der Waals surface area contributed by atoms with E-state index in [4.69, 9.17) is 19.2 Å². The van der Waals surface area contributed by atoms with Crippen LogP contribution in [0.15, 0.2) is 48.0 Å². The van der Waals surface area contributed by atoms with E-state index in [9.17, 15) is 4.79 Å². The molecule has 1 aliphatic heterocycles. The Hall–Kier alpha value is -3.46. The summed E-state index contributed by atoms with van der Waals surface area (Å²) in [5.41, 5.74) is 3.24. The number of hydrogen-bond donors (Lipinski definition) is 0. The van der Waals surface area contributed by atoms with Crippen LogP contribution in [0.2, 0.25) is 0 Å². The number of rotatable bonds is 9. The molecule has 1 atom stereocenters. The summed E-state index contributed by atoms with van der Waals surface area (Å²) in [5.74, 6) is 3.53. The molecule has 0 spiro atoms. The zero-order valence-corrected chi connectivity index (χ0v) is 25.3. The molecule has 1 aliphatic carbocycles. The first-order valence-electron chi connectivity index (χ1n) is 14.7. The van der Waals surface area contributed by atoms with Crippen LogP contribution in [-0.4, -0.2) is 57.0 Å². The van der Waals surface area contributed by atoms with Gasteiger partial charge in [0.15, 0.2) is 5.82 Å². The third-order valence-corrected chi connectivity index (χ3v) is 8.99. The molecule has 1 aromatic carbocycles. The minimum absolute atomic E-state index is 0.243. The summed E-state index contributed by atoms with van der Waals surface area (Å²) in [6.45, 7) is 8.92. The van der Waals surface area contributed by atoms with E-state index in [0.717, 1.165) is 36.0 Å². The summed E-state index contributed by atoms with van der Waals surface area (Å²) in [5, 5.41) is 2.14. The molecular weight excluding hydrogens is 536 g/mol. The molecule has 41 heavy (non-hydrogen) atoms. The molecular formula is C32H40N4O4S. The van der Waals surface area contributed by atoms with Crippen LogP contribution in [0.25, 0.3) is 21.7 Å². The van der Waals surface area contributed by atoms with Crippen molar-refractivity contribution in [2.45, 2.75) is 64.5 Å². The summed E-state index contributed by atoms with van der Waals surface area (Å²) in [7, 11) is 2.12. The fourth-order valence-electron chi connectivity index (χ4n) is 5.68. The normalized spacial score (nSPS) is 17.7. The van der Waals surface area contributed by atoms with Gasteiger partial charge in [-0.3, -0.25) is 0 Å². The Morgan fingerprint density at radius 3 is 2.51 bits per heavy atom. The van der Waals surface area contributed by atoms with E-state index in [1.165, 1.54) is 35.2 Å². The molecule has 218 valence electrons. The fourth-order valence-corrected chi connectivity index (χ4v) is 6.53. The summed E-state index contributed by atoms with van der Waals surface area (Å²) < 4.78 is 23.6. The van der Waals surface area contributed by atoms with Crippen molar-refractivity contribution in [1.29, 1.82) is 0 Å². The average Bonchev–Trinajstić information content (AvgIpc) is 3.68. The van der Waals surface area contributed by atoms with E-state index in [1.54, 1.807) is 16.2 Å². The quantitative estimate of drug-likeness (QED) is 0.213. The van der Waals surface area contributed by atoms with Crippen molar-refractivity contribution in [3.8, 4) is 23.0 Å². The molecule has 0 unspecified atom stereocenters. The van der Waals surface area contributed by atoms with Gasteiger partial charge < -0.3 is 28.2 Å². The lowest BCUT2D eigenvalue weighted by Gasteiger charge is -2.27. The first-order chi connectivity index (χ1) is 19.7. The minimum Gasteiger partial charge on any atom is -0.493 e. The number of likely N-dealkylation sites (tertiary alicyclic amines) is 1. The molecule has 3 aromatic heterocycles. The lowest BCUT2D eigenvalue weighted by atomic mass is 9.83. The summed E-state index contributed by atoms with van der Waals surface area (Å²) in [6, 6.07) is 12.3. The maximum absolute atomic E-state index is 12.3. The maximum Gasteiger partial charge on any atom is 0.410 e. The third-order valence-electron chi connectivity index (χ3n) is 8.13. The first kappa shape index (κ1) is 27.7. The number of aromatic nitrogens is 3. The molecule has 2 fully saturated rings. The van der Waals surface area contributed by atoms with Crippen molar-refractivity contribution in [2.75, 3.05) is 26.3 Å². The number of carbonyl (C=O) groups excluding carboxylic acids is 1.